The molecule has 2 aromatic rings. The summed E-state index contributed by atoms with van der Waals surface area (Å²) in [5.74, 6) is 1.67. The lowest BCUT2D eigenvalue weighted by molar-refractivity contribution is 0.139. The van der Waals surface area contributed by atoms with Crippen LogP contribution < -0.4 is 10.5 Å². The summed E-state index contributed by atoms with van der Waals surface area (Å²) in [6.45, 7) is 3.05. The number of rotatable bonds is 5. The summed E-state index contributed by atoms with van der Waals surface area (Å²) in [6, 6.07) is 13.0. The Balaban J connectivity index is 1.45. The molecule has 2 aromatic carbocycles. The number of ether oxygens (including phenoxy) is 1. The van der Waals surface area contributed by atoms with Gasteiger partial charge in [-0.1, -0.05) is 35.9 Å². The molecule has 3 nitrogen and oxygen atoms in total. The molecule has 0 aromatic heterocycles. The zero-order chi connectivity index (χ0) is 18.1. The van der Waals surface area contributed by atoms with Crippen LogP contribution in [0, 0.1) is 17.7 Å². The SMILES string of the molecule is NC1[C@@H]2CC[C@H]1CN(Cc1ccccc1OCc1c(F)cccc1Cl)C2. The first-order valence-electron chi connectivity index (χ1n) is 9.23. The van der Waals surface area contributed by atoms with Gasteiger partial charge < -0.3 is 10.5 Å². The summed E-state index contributed by atoms with van der Waals surface area (Å²) in [4.78, 5) is 2.48. The quantitative estimate of drug-likeness (QED) is 0.851. The third-order valence-corrected chi connectivity index (χ3v) is 6.14. The maximum Gasteiger partial charge on any atom is 0.131 e. The van der Waals surface area contributed by atoms with Gasteiger partial charge in [-0.05, 0) is 42.9 Å². The first-order chi connectivity index (χ1) is 12.6. The highest BCUT2D eigenvalue weighted by atomic mass is 35.5. The number of benzene rings is 2. The number of piperidine rings is 1. The van der Waals surface area contributed by atoms with Gasteiger partial charge in [0.05, 0.1) is 5.02 Å². The molecule has 2 bridgehead atoms. The van der Waals surface area contributed by atoms with Crippen LogP contribution in [0.15, 0.2) is 42.5 Å². The first kappa shape index (κ1) is 17.8. The zero-order valence-electron chi connectivity index (χ0n) is 14.7. The molecule has 2 fully saturated rings. The van der Waals surface area contributed by atoms with Gasteiger partial charge in [-0.25, -0.2) is 4.39 Å². The second-order valence-electron chi connectivity index (χ2n) is 7.47. The summed E-state index contributed by atoms with van der Waals surface area (Å²) in [5.41, 5.74) is 7.83. The number of hydrogen-bond acceptors (Lipinski definition) is 3. The zero-order valence-corrected chi connectivity index (χ0v) is 15.5. The predicted molar refractivity (Wildman–Crippen MR) is 102 cm³/mol. The highest BCUT2D eigenvalue weighted by Crippen LogP contribution is 2.36. The second kappa shape index (κ2) is 7.55. The summed E-state index contributed by atoms with van der Waals surface area (Å²) in [7, 11) is 0. The van der Waals surface area contributed by atoms with E-state index in [1.165, 1.54) is 18.9 Å². The van der Waals surface area contributed by atoms with Crippen molar-refractivity contribution in [1.29, 1.82) is 0 Å². The Morgan fingerprint density at radius 1 is 1.08 bits per heavy atom. The van der Waals surface area contributed by atoms with Crippen LogP contribution in [0.25, 0.3) is 0 Å². The van der Waals surface area contributed by atoms with E-state index in [9.17, 15) is 4.39 Å². The van der Waals surface area contributed by atoms with Crippen LogP contribution >= 0.6 is 11.6 Å². The van der Waals surface area contributed by atoms with Crippen LogP contribution in [0.1, 0.15) is 24.0 Å². The second-order valence-corrected chi connectivity index (χ2v) is 7.87. The van der Waals surface area contributed by atoms with Crippen LogP contribution in [-0.4, -0.2) is 24.0 Å². The summed E-state index contributed by atoms with van der Waals surface area (Å²) in [5, 5.41) is 0.393. The molecule has 3 atom stereocenters. The minimum Gasteiger partial charge on any atom is -0.488 e. The largest absolute Gasteiger partial charge is 0.488 e. The van der Waals surface area contributed by atoms with Gasteiger partial charge in [-0.3, -0.25) is 4.90 Å². The van der Waals surface area contributed by atoms with Crippen molar-refractivity contribution in [3.63, 3.8) is 0 Å². The molecule has 26 heavy (non-hydrogen) atoms. The Kier molecular flexibility index (Phi) is 5.16. The van der Waals surface area contributed by atoms with Gasteiger partial charge in [0.15, 0.2) is 0 Å². The topological polar surface area (TPSA) is 38.5 Å². The van der Waals surface area contributed by atoms with Gasteiger partial charge >= 0.3 is 0 Å². The molecule has 5 heteroatoms. The first-order valence-corrected chi connectivity index (χ1v) is 9.61. The molecule has 1 unspecified atom stereocenters. The van der Waals surface area contributed by atoms with E-state index in [0.717, 1.165) is 30.9 Å². The minimum atomic E-state index is -0.337. The number of halogens is 2. The monoisotopic (exact) mass is 374 g/mol. The summed E-state index contributed by atoms with van der Waals surface area (Å²) in [6.07, 6.45) is 2.48. The molecule has 0 radical (unpaired) electrons. The Morgan fingerprint density at radius 2 is 1.81 bits per heavy atom. The Hall–Kier alpha value is -1.62. The van der Waals surface area contributed by atoms with Crippen molar-refractivity contribution in [2.24, 2.45) is 17.6 Å². The molecule has 2 N–H and O–H groups in total. The van der Waals surface area contributed by atoms with E-state index in [0.29, 0.717) is 28.5 Å². The molecule has 1 heterocycles. The Morgan fingerprint density at radius 3 is 2.54 bits per heavy atom. The molecule has 1 saturated heterocycles. The molecule has 1 aliphatic heterocycles. The average Bonchev–Trinajstić information content (AvgIpc) is 2.83. The van der Waals surface area contributed by atoms with Crippen LogP contribution in [0.4, 0.5) is 4.39 Å². The van der Waals surface area contributed by atoms with Gasteiger partial charge in [0.2, 0.25) is 0 Å². The maximum atomic E-state index is 14.0. The molecular formula is C21H24ClFN2O. The van der Waals surface area contributed by atoms with Crippen LogP contribution in [0.2, 0.25) is 5.02 Å². The van der Waals surface area contributed by atoms with E-state index in [-0.39, 0.29) is 12.4 Å². The molecule has 2 aliphatic rings. The fourth-order valence-corrected chi connectivity index (χ4v) is 4.54. The van der Waals surface area contributed by atoms with Gasteiger partial charge in [0, 0.05) is 36.8 Å². The van der Waals surface area contributed by atoms with E-state index in [2.05, 4.69) is 11.0 Å². The summed E-state index contributed by atoms with van der Waals surface area (Å²) >= 11 is 6.10. The van der Waals surface area contributed by atoms with E-state index in [1.54, 1.807) is 12.1 Å². The minimum absolute atomic E-state index is 0.124. The van der Waals surface area contributed by atoms with Gasteiger partial charge in [0.1, 0.15) is 18.2 Å². The molecule has 138 valence electrons. The van der Waals surface area contributed by atoms with Crippen LogP contribution in [-0.2, 0) is 13.2 Å². The fourth-order valence-electron chi connectivity index (χ4n) is 4.33. The molecule has 0 spiro atoms. The fraction of sp³-hybridized carbons (Fsp3) is 0.429. The summed E-state index contributed by atoms with van der Waals surface area (Å²) < 4.78 is 19.9. The lowest BCUT2D eigenvalue weighted by Crippen LogP contribution is -2.48. The Labute approximate surface area is 158 Å². The number of hydrogen-bond donors (Lipinski definition) is 1. The van der Waals surface area contributed by atoms with Crippen molar-refractivity contribution < 1.29 is 9.13 Å². The van der Waals surface area contributed by atoms with Crippen molar-refractivity contribution in [3.05, 3.63) is 64.4 Å². The third-order valence-electron chi connectivity index (χ3n) is 5.78. The third kappa shape index (κ3) is 3.59. The van der Waals surface area contributed by atoms with Crippen LogP contribution in [0.5, 0.6) is 5.75 Å². The molecule has 0 amide bonds. The van der Waals surface area contributed by atoms with E-state index in [1.807, 2.05) is 18.2 Å². The van der Waals surface area contributed by atoms with Crippen LogP contribution in [0.3, 0.4) is 0 Å². The Bertz CT molecular complexity index is 750. The molecule has 4 rings (SSSR count). The van der Waals surface area contributed by atoms with Gasteiger partial charge in [-0.15, -0.1) is 0 Å². The van der Waals surface area contributed by atoms with Crippen molar-refractivity contribution >= 4 is 11.6 Å². The highest BCUT2D eigenvalue weighted by molar-refractivity contribution is 6.31. The van der Waals surface area contributed by atoms with E-state index in [4.69, 9.17) is 22.1 Å². The standard InChI is InChI=1S/C21H24ClFN2O/c22-18-5-3-6-19(23)17(18)13-26-20-7-2-1-4-14(20)10-25-11-15-8-9-16(12-25)21(15)24/h1-7,15-16,21H,8-13,24H2/t15-,16+,21?. The number of nitrogens with zero attached hydrogens (tertiary/aromatic N) is 1. The molecular weight excluding hydrogens is 351 g/mol. The van der Waals surface area contributed by atoms with Gasteiger partial charge in [-0.2, -0.15) is 0 Å². The smallest absolute Gasteiger partial charge is 0.131 e. The van der Waals surface area contributed by atoms with Gasteiger partial charge in [0.25, 0.3) is 0 Å². The number of nitrogens with two attached hydrogens (primary N) is 1. The highest BCUT2D eigenvalue weighted by Gasteiger charge is 2.39. The predicted octanol–water partition coefficient (Wildman–Crippen LogP) is 4.23. The van der Waals surface area contributed by atoms with Crippen molar-refractivity contribution in [2.45, 2.75) is 32.0 Å². The maximum absolute atomic E-state index is 14.0. The van der Waals surface area contributed by atoms with E-state index >= 15 is 0 Å². The lowest BCUT2D eigenvalue weighted by atomic mass is 9.93. The van der Waals surface area contributed by atoms with E-state index < -0.39 is 0 Å². The average molecular weight is 375 g/mol. The normalized spacial score (nSPS) is 25.4. The number of fused-ring (bicyclic) bond motifs is 2. The van der Waals surface area contributed by atoms with Crippen molar-refractivity contribution in [3.8, 4) is 5.75 Å². The number of likely N-dealkylation sites (tertiary alicyclic amines) is 1. The molecule has 1 saturated carbocycles. The van der Waals surface area contributed by atoms with Crippen molar-refractivity contribution in [1.82, 2.24) is 4.90 Å². The van der Waals surface area contributed by atoms with Crippen molar-refractivity contribution in [2.75, 3.05) is 13.1 Å². The molecule has 1 aliphatic carbocycles. The lowest BCUT2D eigenvalue weighted by Gasteiger charge is -2.36. The number of para-hydroxylation sites is 1.